The van der Waals surface area contributed by atoms with Gasteiger partial charge in [-0.3, -0.25) is 9.78 Å². The molecule has 1 unspecified atom stereocenters. The van der Waals surface area contributed by atoms with E-state index in [1.165, 1.54) is 10.5 Å². The molecule has 26 heavy (non-hydrogen) atoms. The van der Waals surface area contributed by atoms with Crippen LogP contribution in [-0.4, -0.2) is 33.0 Å². The van der Waals surface area contributed by atoms with E-state index in [2.05, 4.69) is 21.2 Å². The highest BCUT2D eigenvalue weighted by Gasteiger charge is 2.29. The summed E-state index contributed by atoms with van der Waals surface area (Å²) in [4.78, 5) is 21.8. The predicted molar refractivity (Wildman–Crippen MR) is 96.6 cm³/mol. The van der Waals surface area contributed by atoms with Crippen molar-refractivity contribution in [1.82, 2.24) is 15.1 Å². The van der Waals surface area contributed by atoms with Gasteiger partial charge in [0.1, 0.15) is 5.25 Å². The van der Waals surface area contributed by atoms with Crippen molar-refractivity contribution in [3.8, 4) is 11.4 Å². The lowest BCUT2D eigenvalue weighted by molar-refractivity contribution is -0.143. The fourth-order valence-electron chi connectivity index (χ4n) is 2.77. The third kappa shape index (κ3) is 3.77. The Hall–Kier alpha value is -2.67. The van der Waals surface area contributed by atoms with E-state index in [0.29, 0.717) is 31.2 Å². The van der Waals surface area contributed by atoms with Gasteiger partial charge in [0, 0.05) is 29.3 Å². The third-order valence-corrected chi connectivity index (χ3v) is 5.37. The van der Waals surface area contributed by atoms with Crippen molar-refractivity contribution < 1.29 is 14.1 Å². The zero-order chi connectivity index (χ0) is 17.8. The fourth-order valence-corrected chi connectivity index (χ4v) is 3.96. The molecular weight excluding hydrogens is 350 g/mol. The van der Waals surface area contributed by atoms with Gasteiger partial charge in [0.2, 0.25) is 11.7 Å². The number of aromatic nitrogens is 3. The van der Waals surface area contributed by atoms with E-state index in [-0.39, 0.29) is 11.2 Å². The number of carbonyl (C=O) groups is 1. The molecule has 0 saturated carbocycles. The van der Waals surface area contributed by atoms with Gasteiger partial charge >= 0.3 is 5.97 Å². The summed E-state index contributed by atoms with van der Waals surface area (Å²) in [5.41, 5.74) is 2.03. The van der Waals surface area contributed by atoms with Crippen molar-refractivity contribution >= 4 is 17.7 Å². The Bertz CT molecular complexity index is 873. The van der Waals surface area contributed by atoms with Crippen LogP contribution in [0.4, 0.5) is 0 Å². The quantitative estimate of drug-likeness (QED) is 0.488. The number of rotatable bonds is 6. The number of carbonyl (C=O) groups excluding carboxylic acids is 1. The molecule has 7 heteroatoms. The van der Waals surface area contributed by atoms with Crippen molar-refractivity contribution in [1.29, 1.82) is 0 Å². The largest absolute Gasteiger partial charge is 0.465 e. The number of thioether (sulfide) groups is 1. The zero-order valence-corrected chi connectivity index (χ0v) is 14.8. The second kappa shape index (κ2) is 7.70. The van der Waals surface area contributed by atoms with E-state index in [1.54, 1.807) is 24.2 Å². The second-order valence-electron chi connectivity index (χ2n) is 5.94. The van der Waals surface area contributed by atoms with Gasteiger partial charge in [0.15, 0.2) is 0 Å². The van der Waals surface area contributed by atoms with Crippen LogP contribution in [0, 0.1) is 0 Å². The number of benzene rings is 1. The molecule has 0 spiro atoms. The molecule has 0 saturated heterocycles. The monoisotopic (exact) mass is 367 g/mol. The lowest BCUT2D eigenvalue weighted by Crippen LogP contribution is -2.20. The van der Waals surface area contributed by atoms with Crippen LogP contribution in [0.1, 0.15) is 17.9 Å². The van der Waals surface area contributed by atoms with Gasteiger partial charge in [0.05, 0.1) is 6.61 Å². The Balaban J connectivity index is 1.22. The summed E-state index contributed by atoms with van der Waals surface area (Å²) >= 11 is 1.58. The first-order valence-electron chi connectivity index (χ1n) is 8.44. The van der Waals surface area contributed by atoms with Gasteiger partial charge < -0.3 is 9.26 Å². The Kier molecular flexibility index (Phi) is 4.97. The number of fused-ring (bicyclic) bond motifs is 1. The molecule has 6 nitrogen and oxygen atoms in total. The molecular formula is C19H17N3O3S. The average molecular weight is 367 g/mol. The van der Waals surface area contributed by atoms with Crippen LogP contribution >= 0.6 is 11.8 Å². The molecule has 0 fully saturated rings. The zero-order valence-electron chi connectivity index (χ0n) is 14.0. The molecule has 1 aliphatic rings. The SMILES string of the molecule is O=C(OCCCc1nc(-c2cccnc2)no1)C1Cc2ccccc2S1. The lowest BCUT2D eigenvalue weighted by Gasteiger charge is -2.08. The molecule has 1 aliphatic heterocycles. The molecule has 0 bridgehead atoms. The fraction of sp³-hybridized carbons (Fsp3) is 0.263. The van der Waals surface area contributed by atoms with E-state index in [0.717, 1.165) is 12.0 Å². The molecule has 3 aromatic rings. The maximum Gasteiger partial charge on any atom is 0.319 e. The summed E-state index contributed by atoms with van der Waals surface area (Å²) in [6.07, 6.45) is 5.33. The Morgan fingerprint density at radius 2 is 2.19 bits per heavy atom. The van der Waals surface area contributed by atoms with E-state index >= 15 is 0 Å². The highest BCUT2D eigenvalue weighted by molar-refractivity contribution is 8.01. The van der Waals surface area contributed by atoms with Crippen molar-refractivity contribution in [3.63, 3.8) is 0 Å². The summed E-state index contributed by atoms with van der Waals surface area (Å²) < 4.78 is 10.6. The first kappa shape index (κ1) is 16.8. The van der Waals surface area contributed by atoms with Gasteiger partial charge in [-0.1, -0.05) is 23.4 Å². The van der Waals surface area contributed by atoms with Crippen LogP contribution in [-0.2, 0) is 22.4 Å². The van der Waals surface area contributed by atoms with Crippen molar-refractivity contribution in [2.45, 2.75) is 29.4 Å². The molecule has 3 heterocycles. The molecule has 1 aromatic carbocycles. The van der Waals surface area contributed by atoms with Crippen LogP contribution in [0.3, 0.4) is 0 Å². The summed E-state index contributed by atoms with van der Waals surface area (Å²) in [7, 11) is 0. The molecule has 0 aliphatic carbocycles. The third-order valence-electron chi connectivity index (χ3n) is 4.08. The first-order chi connectivity index (χ1) is 12.8. The molecule has 0 N–H and O–H groups in total. The Morgan fingerprint density at radius 1 is 1.27 bits per heavy atom. The molecule has 0 radical (unpaired) electrons. The van der Waals surface area contributed by atoms with E-state index in [9.17, 15) is 4.79 Å². The van der Waals surface area contributed by atoms with Gasteiger partial charge in [0.25, 0.3) is 0 Å². The standard InChI is InChI=1S/C19H17N3O3S/c23-19(16-11-13-5-1-2-7-15(13)26-16)24-10-4-8-17-21-18(22-25-17)14-6-3-9-20-12-14/h1-3,5-7,9,12,16H,4,8,10-11H2. The van der Waals surface area contributed by atoms with Crippen molar-refractivity contribution in [2.24, 2.45) is 0 Å². The molecule has 1 atom stereocenters. The molecule has 4 rings (SSSR count). The number of nitrogens with zero attached hydrogens (tertiary/aromatic N) is 3. The topological polar surface area (TPSA) is 78.1 Å². The normalized spacial score (nSPS) is 15.6. The lowest BCUT2D eigenvalue weighted by atomic mass is 10.1. The van der Waals surface area contributed by atoms with Crippen LogP contribution in [0.15, 0.2) is 58.2 Å². The molecule has 132 valence electrons. The minimum absolute atomic E-state index is 0.145. The Labute approximate surface area is 155 Å². The van der Waals surface area contributed by atoms with Gasteiger partial charge in [-0.15, -0.1) is 11.8 Å². The van der Waals surface area contributed by atoms with Crippen LogP contribution < -0.4 is 0 Å². The minimum Gasteiger partial charge on any atom is -0.465 e. The van der Waals surface area contributed by atoms with Gasteiger partial charge in [-0.25, -0.2) is 0 Å². The van der Waals surface area contributed by atoms with Crippen LogP contribution in [0.25, 0.3) is 11.4 Å². The number of esters is 1. The van der Waals surface area contributed by atoms with E-state index < -0.39 is 0 Å². The average Bonchev–Trinajstić information content (AvgIpc) is 3.33. The maximum atomic E-state index is 12.2. The predicted octanol–water partition coefficient (Wildman–Crippen LogP) is 3.32. The highest BCUT2D eigenvalue weighted by atomic mass is 32.2. The van der Waals surface area contributed by atoms with Crippen LogP contribution in [0.2, 0.25) is 0 Å². The first-order valence-corrected chi connectivity index (χ1v) is 9.32. The summed E-state index contributed by atoms with van der Waals surface area (Å²) in [5.74, 6) is 0.889. The van der Waals surface area contributed by atoms with Crippen LogP contribution in [0.5, 0.6) is 0 Å². The molecule has 2 aromatic heterocycles. The van der Waals surface area contributed by atoms with Gasteiger partial charge in [-0.05, 0) is 36.6 Å². The Morgan fingerprint density at radius 3 is 3.04 bits per heavy atom. The summed E-state index contributed by atoms with van der Waals surface area (Å²) in [5, 5.41) is 3.80. The number of hydrogen-bond donors (Lipinski definition) is 0. The number of hydrogen-bond acceptors (Lipinski definition) is 7. The maximum absolute atomic E-state index is 12.2. The smallest absolute Gasteiger partial charge is 0.319 e. The van der Waals surface area contributed by atoms with E-state index in [4.69, 9.17) is 9.26 Å². The van der Waals surface area contributed by atoms with Crippen molar-refractivity contribution in [3.05, 3.63) is 60.2 Å². The van der Waals surface area contributed by atoms with Gasteiger partial charge in [-0.2, -0.15) is 4.98 Å². The van der Waals surface area contributed by atoms with Crippen molar-refractivity contribution in [2.75, 3.05) is 6.61 Å². The molecule has 0 amide bonds. The number of ether oxygens (including phenoxy) is 1. The minimum atomic E-state index is -0.159. The highest BCUT2D eigenvalue weighted by Crippen LogP contribution is 2.37. The summed E-state index contributed by atoms with van der Waals surface area (Å²) in [6, 6.07) is 11.8. The van der Waals surface area contributed by atoms with E-state index in [1.807, 2.05) is 30.3 Å². The number of pyridine rings is 1. The number of aryl methyl sites for hydroxylation is 1. The summed E-state index contributed by atoms with van der Waals surface area (Å²) in [6.45, 7) is 0.344. The second-order valence-corrected chi connectivity index (χ2v) is 7.19.